The first kappa shape index (κ1) is 20.0. The maximum Gasteiger partial charge on any atom is 0.269 e. The average Bonchev–Trinajstić information content (AvgIpc) is 2.99. The first-order valence-electron chi connectivity index (χ1n) is 8.25. The average molecular weight is 412 g/mol. The van der Waals surface area contributed by atoms with Gasteiger partial charge in [0.2, 0.25) is 5.91 Å². The Labute approximate surface area is 168 Å². The van der Waals surface area contributed by atoms with Gasteiger partial charge in [0.15, 0.2) is 0 Å². The van der Waals surface area contributed by atoms with Crippen LogP contribution in [0.1, 0.15) is 5.56 Å². The van der Waals surface area contributed by atoms with Gasteiger partial charge in [-0.1, -0.05) is 23.9 Å². The Balaban J connectivity index is 2.01. The summed E-state index contributed by atoms with van der Waals surface area (Å²) in [7, 11) is 0. The van der Waals surface area contributed by atoms with Crippen LogP contribution in [0.5, 0.6) is 0 Å². The van der Waals surface area contributed by atoms with Crippen LogP contribution in [-0.2, 0) is 16.0 Å². The Morgan fingerprint density at radius 2 is 2.00 bits per heavy atom. The molecule has 1 atom stereocenters. The molecule has 0 aliphatic carbocycles. The summed E-state index contributed by atoms with van der Waals surface area (Å²) < 4.78 is 13.3. The van der Waals surface area contributed by atoms with E-state index in [0.29, 0.717) is 5.56 Å². The van der Waals surface area contributed by atoms with Crippen LogP contribution < -0.4 is 10.6 Å². The molecular weight excluding hydrogens is 399 g/mol. The Kier molecular flexibility index (Phi) is 5.61. The van der Waals surface area contributed by atoms with Crippen LogP contribution in [0.3, 0.4) is 0 Å². The Bertz CT molecular complexity index is 1080. The van der Waals surface area contributed by atoms with Gasteiger partial charge in [-0.15, -0.1) is 0 Å². The van der Waals surface area contributed by atoms with Gasteiger partial charge in [0.25, 0.3) is 11.6 Å². The van der Waals surface area contributed by atoms with Gasteiger partial charge in [0.1, 0.15) is 22.5 Å². The van der Waals surface area contributed by atoms with Crippen molar-refractivity contribution in [1.82, 2.24) is 0 Å². The molecule has 29 heavy (non-hydrogen) atoms. The van der Waals surface area contributed by atoms with Crippen molar-refractivity contribution in [3.05, 3.63) is 80.6 Å². The van der Waals surface area contributed by atoms with E-state index in [-0.39, 0.29) is 22.8 Å². The summed E-state index contributed by atoms with van der Waals surface area (Å²) in [6.45, 7) is 0. The van der Waals surface area contributed by atoms with E-state index in [1.807, 2.05) is 0 Å². The summed E-state index contributed by atoms with van der Waals surface area (Å²) in [6.07, 6.45) is 0.129. The maximum absolute atomic E-state index is 13.3. The van der Waals surface area contributed by atoms with Gasteiger partial charge in [-0.3, -0.25) is 24.6 Å². The fraction of sp³-hybridized carbons (Fsp3) is 0.105. The normalized spacial score (nSPS) is 17.7. The van der Waals surface area contributed by atoms with Crippen molar-refractivity contribution in [2.75, 3.05) is 4.90 Å². The van der Waals surface area contributed by atoms with Crippen LogP contribution in [0.2, 0.25) is 0 Å². The number of nitriles is 1. The minimum Gasteiger partial charge on any atom is -0.365 e. The lowest BCUT2D eigenvalue weighted by Gasteiger charge is -2.18. The van der Waals surface area contributed by atoms with E-state index in [1.165, 1.54) is 30.3 Å². The van der Waals surface area contributed by atoms with Crippen molar-refractivity contribution < 1.29 is 18.9 Å². The minimum atomic E-state index is -0.995. The number of amides is 2. The Morgan fingerprint density at radius 1 is 1.31 bits per heavy atom. The summed E-state index contributed by atoms with van der Waals surface area (Å²) in [6, 6.07) is 12.5. The zero-order valence-electron chi connectivity index (χ0n) is 14.7. The molecule has 0 aromatic heterocycles. The van der Waals surface area contributed by atoms with E-state index in [0.717, 1.165) is 28.8 Å². The molecule has 3 rings (SSSR count). The summed E-state index contributed by atoms with van der Waals surface area (Å²) in [4.78, 5) is 36.3. The van der Waals surface area contributed by atoms with E-state index in [4.69, 9.17) is 5.73 Å². The lowest BCUT2D eigenvalue weighted by atomic mass is 10.1. The zero-order valence-corrected chi connectivity index (χ0v) is 15.6. The summed E-state index contributed by atoms with van der Waals surface area (Å²) in [5.41, 5.74) is 5.59. The first-order chi connectivity index (χ1) is 13.8. The number of hydrogen-bond acceptors (Lipinski definition) is 6. The molecule has 2 aromatic carbocycles. The number of non-ortho nitro benzene ring substituents is 1. The number of thioether (sulfide) groups is 1. The molecule has 0 bridgehead atoms. The number of nitrogens with zero attached hydrogens (tertiary/aromatic N) is 3. The number of nitro benzene ring substituents is 1. The minimum absolute atomic E-state index is 0.0482. The molecule has 0 spiro atoms. The van der Waals surface area contributed by atoms with Crippen molar-refractivity contribution in [3.63, 3.8) is 0 Å². The van der Waals surface area contributed by atoms with E-state index in [1.54, 1.807) is 12.1 Å². The van der Waals surface area contributed by atoms with Crippen molar-refractivity contribution in [2.45, 2.75) is 11.7 Å². The number of primary amides is 1. The lowest BCUT2D eigenvalue weighted by molar-refractivity contribution is -0.384. The smallest absolute Gasteiger partial charge is 0.269 e. The SMILES string of the molecule is N#CC(C(N)=O)=C1SC(Cc2cccc([N+](=O)[O-])c2)C(=O)N1c1ccc(F)cc1. The van der Waals surface area contributed by atoms with Crippen LogP contribution in [-0.4, -0.2) is 22.0 Å². The monoisotopic (exact) mass is 412 g/mol. The highest BCUT2D eigenvalue weighted by Gasteiger charge is 2.40. The predicted molar refractivity (Wildman–Crippen MR) is 104 cm³/mol. The van der Waals surface area contributed by atoms with Gasteiger partial charge in [-0.2, -0.15) is 5.26 Å². The number of hydrogen-bond donors (Lipinski definition) is 1. The molecule has 1 aliphatic rings. The van der Waals surface area contributed by atoms with Crippen molar-refractivity contribution in [2.24, 2.45) is 5.73 Å². The molecule has 0 saturated carbocycles. The topological polar surface area (TPSA) is 130 Å². The number of nitro groups is 1. The van der Waals surface area contributed by atoms with Crippen molar-refractivity contribution in [1.29, 1.82) is 5.26 Å². The zero-order chi connectivity index (χ0) is 21.1. The molecule has 10 heteroatoms. The van der Waals surface area contributed by atoms with Crippen LogP contribution in [0.25, 0.3) is 0 Å². The lowest BCUT2D eigenvalue weighted by Crippen LogP contribution is -2.31. The number of carbonyl (C=O) groups is 2. The van der Waals surface area contributed by atoms with Gasteiger partial charge in [0, 0.05) is 17.8 Å². The van der Waals surface area contributed by atoms with Gasteiger partial charge in [-0.25, -0.2) is 4.39 Å². The fourth-order valence-corrected chi connectivity index (χ4v) is 4.15. The molecule has 2 aromatic rings. The number of carbonyl (C=O) groups excluding carboxylic acids is 2. The Morgan fingerprint density at radius 3 is 2.59 bits per heavy atom. The van der Waals surface area contributed by atoms with E-state index in [2.05, 4.69) is 0 Å². The largest absolute Gasteiger partial charge is 0.365 e. The van der Waals surface area contributed by atoms with Gasteiger partial charge in [0.05, 0.1) is 10.2 Å². The number of benzene rings is 2. The summed E-state index contributed by atoms with van der Waals surface area (Å²) >= 11 is 0.965. The molecule has 2 amide bonds. The molecular formula is C19H13FN4O4S. The third kappa shape index (κ3) is 4.09. The van der Waals surface area contributed by atoms with Gasteiger partial charge < -0.3 is 5.73 Å². The highest BCUT2D eigenvalue weighted by Crippen LogP contribution is 2.42. The second-order valence-corrected chi connectivity index (χ2v) is 7.24. The highest BCUT2D eigenvalue weighted by molar-refractivity contribution is 8.05. The van der Waals surface area contributed by atoms with Gasteiger partial charge >= 0.3 is 0 Å². The molecule has 2 N–H and O–H groups in total. The number of halogens is 1. The van der Waals surface area contributed by atoms with Gasteiger partial charge in [-0.05, 0) is 36.2 Å². The first-order valence-corrected chi connectivity index (χ1v) is 9.13. The van der Waals surface area contributed by atoms with Crippen LogP contribution in [0, 0.1) is 27.3 Å². The maximum atomic E-state index is 13.3. The third-order valence-electron chi connectivity index (χ3n) is 4.15. The Hall–Kier alpha value is -3.71. The molecule has 1 aliphatic heterocycles. The van der Waals surface area contributed by atoms with E-state index >= 15 is 0 Å². The third-order valence-corrected chi connectivity index (χ3v) is 5.41. The van der Waals surface area contributed by atoms with E-state index < -0.39 is 33.4 Å². The van der Waals surface area contributed by atoms with Crippen molar-refractivity contribution in [3.8, 4) is 6.07 Å². The standard InChI is InChI=1S/C19H13FN4O4S/c20-12-4-6-13(7-5-12)23-18(26)16(29-19(23)15(10-21)17(22)25)9-11-2-1-3-14(8-11)24(27)28/h1-8,16H,9H2,(H2,22,25). The highest BCUT2D eigenvalue weighted by atomic mass is 32.2. The van der Waals surface area contributed by atoms with E-state index in [9.17, 15) is 29.4 Å². The summed E-state index contributed by atoms with van der Waals surface area (Å²) in [5.74, 6) is -1.95. The number of anilines is 1. The quantitative estimate of drug-likeness (QED) is 0.348. The molecule has 1 saturated heterocycles. The molecule has 1 heterocycles. The molecule has 1 fully saturated rings. The van der Waals surface area contributed by atoms with Crippen LogP contribution in [0.4, 0.5) is 15.8 Å². The summed E-state index contributed by atoms with van der Waals surface area (Å²) in [5, 5.41) is 19.6. The predicted octanol–water partition coefficient (Wildman–Crippen LogP) is 2.65. The van der Waals surface area contributed by atoms with Crippen LogP contribution in [0.15, 0.2) is 59.1 Å². The molecule has 1 unspecified atom stereocenters. The second kappa shape index (κ2) is 8.12. The number of rotatable bonds is 5. The molecule has 146 valence electrons. The fourth-order valence-electron chi connectivity index (χ4n) is 2.84. The van der Waals surface area contributed by atoms with Crippen LogP contribution >= 0.6 is 11.8 Å². The number of nitrogens with two attached hydrogens (primary N) is 1. The molecule has 0 radical (unpaired) electrons. The van der Waals surface area contributed by atoms with Crippen molar-refractivity contribution >= 4 is 35.0 Å². The molecule has 8 nitrogen and oxygen atoms in total. The second-order valence-electron chi connectivity index (χ2n) is 6.04.